The zero-order chi connectivity index (χ0) is 42.0. The minimum absolute atomic E-state index is 1.08. The van der Waals surface area contributed by atoms with Gasteiger partial charge < -0.3 is 4.90 Å². The van der Waals surface area contributed by atoms with Crippen molar-refractivity contribution in [1.82, 2.24) is 0 Å². The number of nitrogens with zero attached hydrogens (tertiary/aromatic N) is 1. The molecular weight excluding hydrogens is 759 g/mol. The van der Waals surface area contributed by atoms with E-state index in [9.17, 15) is 0 Å². The molecule has 11 rings (SSSR count). The summed E-state index contributed by atoms with van der Waals surface area (Å²) in [5.74, 6) is 0. The van der Waals surface area contributed by atoms with Gasteiger partial charge in [-0.1, -0.05) is 224 Å². The molecule has 0 heterocycles. The summed E-state index contributed by atoms with van der Waals surface area (Å²) in [5.41, 5.74) is 17.6. The molecule has 0 saturated carbocycles. The number of para-hydroxylation sites is 1. The Balaban J connectivity index is 1.10. The first kappa shape index (κ1) is 37.7. The first-order valence-corrected chi connectivity index (χ1v) is 21.7. The molecule has 296 valence electrons. The predicted octanol–water partition coefficient (Wildman–Crippen LogP) is 17.5. The molecule has 1 heteroatoms. The molecule has 0 fully saturated rings. The van der Waals surface area contributed by atoms with Gasteiger partial charge in [-0.25, -0.2) is 0 Å². The van der Waals surface area contributed by atoms with E-state index in [4.69, 9.17) is 0 Å². The maximum absolute atomic E-state index is 2.44. The molecule has 0 radical (unpaired) electrons. The van der Waals surface area contributed by atoms with Crippen molar-refractivity contribution >= 4 is 38.6 Å². The first-order valence-electron chi connectivity index (χ1n) is 21.7. The molecule has 63 heavy (non-hydrogen) atoms. The van der Waals surface area contributed by atoms with E-state index in [1.54, 1.807) is 0 Å². The number of benzene rings is 11. The van der Waals surface area contributed by atoms with E-state index in [1.807, 2.05) is 0 Å². The molecule has 0 aliphatic carbocycles. The fourth-order valence-electron chi connectivity index (χ4n) is 9.31. The fourth-order valence-corrected chi connectivity index (χ4v) is 9.31. The number of hydrogen-bond donors (Lipinski definition) is 0. The maximum atomic E-state index is 2.44. The van der Waals surface area contributed by atoms with E-state index >= 15 is 0 Å². The lowest BCUT2D eigenvalue weighted by atomic mass is 9.84. The largest absolute Gasteiger partial charge is 0.309 e. The molecule has 0 aromatic heterocycles. The van der Waals surface area contributed by atoms with Crippen molar-refractivity contribution in [1.29, 1.82) is 0 Å². The summed E-state index contributed by atoms with van der Waals surface area (Å²) in [6.07, 6.45) is 0. The Bertz CT molecular complexity index is 3340. The summed E-state index contributed by atoms with van der Waals surface area (Å²) in [4.78, 5) is 2.44. The molecule has 11 aromatic rings. The third kappa shape index (κ3) is 7.16. The van der Waals surface area contributed by atoms with E-state index in [0.717, 1.165) is 39.3 Å². The third-order valence-corrected chi connectivity index (χ3v) is 12.3. The third-order valence-electron chi connectivity index (χ3n) is 12.3. The molecule has 0 atom stereocenters. The van der Waals surface area contributed by atoms with Crippen molar-refractivity contribution in [3.05, 3.63) is 261 Å². The lowest BCUT2D eigenvalue weighted by Gasteiger charge is -2.30. The van der Waals surface area contributed by atoms with Crippen LogP contribution in [0.25, 0.3) is 88.3 Å². The molecule has 0 N–H and O–H groups in total. The van der Waals surface area contributed by atoms with Gasteiger partial charge in [0, 0.05) is 16.8 Å². The summed E-state index contributed by atoms with van der Waals surface area (Å²) >= 11 is 0. The van der Waals surface area contributed by atoms with E-state index in [0.29, 0.717) is 0 Å². The van der Waals surface area contributed by atoms with Crippen LogP contribution >= 0.6 is 0 Å². The van der Waals surface area contributed by atoms with E-state index < -0.39 is 0 Å². The normalized spacial score (nSPS) is 11.2. The molecule has 0 unspecified atom stereocenters. The Morgan fingerprint density at radius 1 is 0.206 bits per heavy atom. The fraction of sp³-hybridized carbons (Fsp3) is 0. The van der Waals surface area contributed by atoms with Crippen LogP contribution in [0.3, 0.4) is 0 Å². The van der Waals surface area contributed by atoms with Crippen molar-refractivity contribution in [2.45, 2.75) is 0 Å². The molecule has 11 aromatic carbocycles. The van der Waals surface area contributed by atoms with Crippen LogP contribution in [-0.4, -0.2) is 0 Å². The quantitative estimate of drug-likeness (QED) is 0.131. The highest BCUT2D eigenvalue weighted by molar-refractivity contribution is 6.22. The Hall–Kier alpha value is -8.26. The SMILES string of the molecule is c1ccc(-c2ccc(N(c3ccc(-c4ccc5c(c4)c(-c4ccccc4)c(-c4ccccc4)c4ccccc45)cc3)c3ccccc3-c3ccccc3)c(-c3ccccc3)c2)cc1. The number of fused-ring (bicyclic) bond motifs is 3. The van der Waals surface area contributed by atoms with Crippen LogP contribution in [0.1, 0.15) is 0 Å². The molecule has 0 amide bonds. The second-order valence-electron chi connectivity index (χ2n) is 16.0. The number of anilines is 3. The molecule has 0 bridgehead atoms. The van der Waals surface area contributed by atoms with Gasteiger partial charge in [0.2, 0.25) is 0 Å². The predicted molar refractivity (Wildman–Crippen MR) is 269 cm³/mol. The monoisotopic (exact) mass is 801 g/mol. The average molecular weight is 802 g/mol. The van der Waals surface area contributed by atoms with Crippen LogP contribution in [0.2, 0.25) is 0 Å². The van der Waals surface area contributed by atoms with Crippen molar-refractivity contribution in [2.24, 2.45) is 0 Å². The van der Waals surface area contributed by atoms with Gasteiger partial charge in [0.05, 0.1) is 11.4 Å². The molecule has 0 saturated heterocycles. The number of rotatable bonds is 9. The van der Waals surface area contributed by atoms with Crippen LogP contribution < -0.4 is 4.90 Å². The lowest BCUT2D eigenvalue weighted by molar-refractivity contribution is 1.28. The molecular formula is C62H43N. The van der Waals surface area contributed by atoms with Crippen LogP contribution in [0, 0.1) is 0 Å². The number of hydrogen-bond acceptors (Lipinski definition) is 1. The highest BCUT2D eigenvalue weighted by Crippen LogP contribution is 2.48. The van der Waals surface area contributed by atoms with Crippen LogP contribution in [-0.2, 0) is 0 Å². The minimum atomic E-state index is 1.08. The van der Waals surface area contributed by atoms with Gasteiger partial charge in [0.15, 0.2) is 0 Å². The van der Waals surface area contributed by atoms with Crippen molar-refractivity contribution < 1.29 is 0 Å². The Kier molecular flexibility index (Phi) is 9.97. The van der Waals surface area contributed by atoms with E-state index in [1.165, 1.54) is 66.1 Å². The molecule has 0 aliphatic heterocycles. The minimum Gasteiger partial charge on any atom is -0.309 e. The Morgan fingerprint density at radius 3 is 1.22 bits per heavy atom. The van der Waals surface area contributed by atoms with Crippen molar-refractivity contribution in [3.63, 3.8) is 0 Å². The Morgan fingerprint density at radius 2 is 0.603 bits per heavy atom. The van der Waals surface area contributed by atoms with Crippen molar-refractivity contribution in [3.8, 4) is 66.8 Å². The highest BCUT2D eigenvalue weighted by atomic mass is 15.1. The van der Waals surface area contributed by atoms with Crippen molar-refractivity contribution in [2.75, 3.05) is 4.90 Å². The Labute approximate surface area is 369 Å². The standard InChI is InChI=1S/C62H43N/c1-6-20-44(21-7-1)51-37-41-60(57(42-51)47-24-10-3-11-25-47)63(59-33-19-18-30-53(59)46-22-8-2-9-23-46)52-38-34-45(35-39-52)50-36-40-55-54-31-16-17-32-56(54)61(48-26-12-4-13-27-48)62(58(55)43-50)49-28-14-5-15-29-49/h1-43H. The summed E-state index contributed by atoms with van der Waals surface area (Å²) in [7, 11) is 0. The summed E-state index contributed by atoms with van der Waals surface area (Å²) in [5, 5.41) is 5.01. The van der Waals surface area contributed by atoms with Crippen LogP contribution in [0.5, 0.6) is 0 Å². The molecule has 1 nitrogen and oxygen atoms in total. The van der Waals surface area contributed by atoms with E-state index in [2.05, 4.69) is 266 Å². The van der Waals surface area contributed by atoms with Gasteiger partial charge in [-0.3, -0.25) is 0 Å². The smallest absolute Gasteiger partial charge is 0.0540 e. The summed E-state index contributed by atoms with van der Waals surface area (Å²) in [6.45, 7) is 0. The first-order chi connectivity index (χ1) is 31.3. The van der Waals surface area contributed by atoms with Crippen LogP contribution in [0.4, 0.5) is 17.1 Å². The van der Waals surface area contributed by atoms with Gasteiger partial charge in [-0.2, -0.15) is 0 Å². The lowest BCUT2D eigenvalue weighted by Crippen LogP contribution is -2.12. The van der Waals surface area contributed by atoms with Gasteiger partial charge in [-0.15, -0.1) is 0 Å². The maximum Gasteiger partial charge on any atom is 0.0540 e. The van der Waals surface area contributed by atoms with E-state index in [-0.39, 0.29) is 0 Å². The van der Waals surface area contributed by atoms with Gasteiger partial charge in [0.25, 0.3) is 0 Å². The van der Waals surface area contributed by atoms with Gasteiger partial charge >= 0.3 is 0 Å². The summed E-state index contributed by atoms with van der Waals surface area (Å²) in [6, 6.07) is 94.6. The zero-order valence-corrected chi connectivity index (χ0v) is 34.8. The zero-order valence-electron chi connectivity index (χ0n) is 34.8. The second-order valence-corrected chi connectivity index (χ2v) is 16.0. The average Bonchev–Trinajstić information content (AvgIpc) is 3.37. The summed E-state index contributed by atoms with van der Waals surface area (Å²) < 4.78 is 0. The molecule has 0 aliphatic rings. The second kappa shape index (κ2) is 16.7. The highest BCUT2D eigenvalue weighted by Gasteiger charge is 2.22. The topological polar surface area (TPSA) is 3.24 Å². The van der Waals surface area contributed by atoms with Gasteiger partial charge in [-0.05, 0) is 114 Å². The van der Waals surface area contributed by atoms with Gasteiger partial charge in [0.1, 0.15) is 0 Å². The van der Waals surface area contributed by atoms with Crippen LogP contribution in [0.15, 0.2) is 261 Å². The molecule has 0 spiro atoms.